The first kappa shape index (κ1) is 38.0. The Hall–Kier alpha value is -4.25. The van der Waals surface area contributed by atoms with E-state index in [1.165, 1.54) is 15.9 Å². The van der Waals surface area contributed by atoms with Gasteiger partial charge < -0.3 is 30.7 Å². The van der Waals surface area contributed by atoms with Crippen molar-refractivity contribution < 1.29 is 46.3 Å². The third-order valence-corrected chi connectivity index (χ3v) is 11.0. The third kappa shape index (κ3) is 10.2. The van der Waals surface area contributed by atoms with Gasteiger partial charge >= 0.3 is 12.2 Å². The lowest BCUT2D eigenvalue weighted by Gasteiger charge is -2.29. The molecule has 15 nitrogen and oxygen atoms in total. The second-order valence-corrected chi connectivity index (χ2v) is 16.5. The number of alkyl carbamates (subject to hydrolysis) is 1. The molecule has 5 unspecified atom stereocenters. The highest BCUT2D eigenvalue weighted by molar-refractivity contribution is 7.90. The number of hydrogen-bond donors (Lipinski definition) is 4. The second kappa shape index (κ2) is 15.6. The minimum absolute atomic E-state index is 0.00777. The van der Waals surface area contributed by atoms with E-state index in [1.54, 1.807) is 32.9 Å². The SMILES string of the molecule is CC(C)(C)OC(=O)NC(CNCCCC=CC1CC1C(=O)NS(=O)(=O)C1CC1)C(=O)N1CC(OC(=O)N2Cc3cccc(F)c3C2)CC1C(N)=O. The molecule has 1 aromatic carbocycles. The van der Waals surface area contributed by atoms with Crippen molar-refractivity contribution in [3.63, 3.8) is 0 Å². The van der Waals surface area contributed by atoms with Crippen LogP contribution in [0.5, 0.6) is 0 Å². The summed E-state index contributed by atoms with van der Waals surface area (Å²) in [7, 11) is -3.56. The summed E-state index contributed by atoms with van der Waals surface area (Å²) in [5.74, 6) is -2.65. The van der Waals surface area contributed by atoms with Gasteiger partial charge in [0, 0.05) is 31.0 Å². The number of ether oxygens (including phenoxy) is 2. The monoisotopic (exact) mass is 734 g/mol. The zero-order valence-electron chi connectivity index (χ0n) is 29.1. The van der Waals surface area contributed by atoms with Crippen LogP contribution in [-0.2, 0) is 47.0 Å². The van der Waals surface area contributed by atoms with Gasteiger partial charge in [-0.25, -0.2) is 22.4 Å². The first-order valence-corrected chi connectivity index (χ1v) is 18.8. The van der Waals surface area contributed by atoms with Gasteiger partial charge in [-0.3, -0.25) is 24.0 Å². The van der Waals surface area contributed by atoms with Crippen molar-refractivity contribution in [2.75, 3.05) is 19.6 Å². The van der Waals surface area contributed by atoms with Crippen molar-refractivity contribution in [2.45, 2.75) is 101 Å². The van der Waals surface area contributed by atoms with E-state index >= 15 is 0 Å². The first-order chi connectivity index (χ1) is 24.0. The number of amides is 5. The second-order valence-electron chi connectivity index (χ2n) is 14.6. The number of allylic oxidation sites excluding steroid dienone is 2. The largest absolute Gasteiger partial charge is 0.444 e. The van der Waals surface area contributed by atoms with Gasteiger partial charge in [0.1, 0.15) is 29.6 Å². The van der Waals surface area contributed by atoms with Crippen LogP contribution in [0.15, 0.2) is 30.4 Å². The van der Waals surface area contributed by atoms with Crippen LogP contribution in [0.2, 0.25) is 0 Å². The average Bonchev–Trinajstić information content (AvgIpc) is 3.95. The molecular weight excluding hydrogens is 687 g/mol. The van der Waals surface area contributed by atoms with Crippen molar-refractivity contribution in [2.24, 2.45) is 17.6 Å². The number of rotatable bonds is 14. The Bertz CT molecular complexity index is 1660. The molecule has 3 fully saturated rings. The predicted octanol–water partition coefficient (Wildman–Crippen LogP) is 1.80. The minimum atomic E-state index is -3.56. The lowest BCUT2D eigenvalue weighted by molar-refractivity contribution is -0.139. The summed E-state index contributed by atoms with van der Waals surface area (Å²) < 4.78 is 51.4. The Morgan fingerprint density at radius 2 is 1.86 bits per heavy atom. The lowest BCUT2D eigenvalue weighted by atomic mass is 10.1. The van der Waals surface area contributed by atoms with E-state index in [0.29, 0.717) is 49.8 Å². The molecule has 0 spiro atoms. The fraction of sp³-hybridized carbons (Fsp3) is 0.618. The van der Waals surface area contributed by atoms with Crippen molar-refractivity contribution >= 4 is 39.9 Å². The van der Waals surface area contributed by atoms with Gasteiger partial charge in [0.25, 0.3) is 0 Å². The van der Waals surface area contributed by atoms with Gasteiger partial charge in [-0.05, 0) is 77.0 Å². The molecular formula is C34H47FN6O9S. The number of hydrogen-bond acceptors (Lipinski definition) is 10. The van der Waals surface area contributed by atoms with Crippen LogP contribution in [0.3, 0.4) is 0 Å². The number of carbonyl (C=O) groups excluding carboxylic acids is 5. The van der Waals surface area contributed by atoms with Crippen LogP contribution in [-0.4, -0.2) is 96.8 Å². The molecule has 51 heavy (non-hydrogen) atoms. The maximum absolute atomic E-state index is 14.2. The number of benzene rings is 1. The first-order valence-electron chi connectivity index (χ1n) is 17.3. The summed E-state index contributed by atoms with van der Waals surface area (Å²) in [6.07, 6.45) is 4.44. The Morgan fingerprint density at radius 3 is 2.53 bits per heavy atom. The summed E-state index contributed by atoms with van der Waals surface area (Å²) in [4.78, 5) is 66.8. The zero-order valence-corrected chi connectivity index (χ0v) is 29.9. The molecule has 280 valence electrons. The number of carbonyl (C=O) groups is 5. The Kier molecular flexibility index (Phi) is 11.6. The number of nitrogens with zero attached hydrogens (tertiary/aromatic N) is 2. The van der Waals surface area contributed by atoms with Crippen LogP contribution in [0.1, 0.15) is 70.4 Å². The Balaban J connectivity index is 1.11. The normalized spacial score (nSPS) is 23.5. The minimum Gasteiger partial charge on any atom is -0.444 e. The van der Waals surface area contributed by atoms with Gasteiger partial charge in [-0.15, -0.1) is 0 Å². The number of fused-ring (bicyclic) bond motifs is 1. The van der Waals surface area contributed by atoms with Crippen LogP contribution in [0.4, 0.5) is 14.0 Å². The highest BCUT2D eigenvalue weighted by Crippen LogP contribution is 2.40. The van der Waals surface area contributed by atoms with Crippen LogP contribution in [0, 0.1) is 17.7 Å². The fourth-order valence-corrected chi connectivity index (χ4v) is 7.60. The van der Waals surface area contributed by atoms with E-state index in [4.69, 9.17) is 15.2 Å². The molecule has 0 bridgehead atoms. The van der Waals surface area contributed by atoms with Crippen molar-refractivity contribution in [3.05, 3.63) is 47.3 Å². The standard InChI is InChI=1S/C34H47FN6O9S/c1-34(2,3)50-32(45)38-27(16-37-13-6-4-5-8-20-14-24(20)30(43)39-51(47,48)23-11-12-23)31(44)41-18-22(15-28(41)29(36)42)49-33(46)40-17-21-9-7-10-26(35)25(21)19-40/h5,7-10,20,22-24,27-28,37H,4,6,11-19H2,1-3H3,(H2,36,42)(H,38,45)(H,39,43). The van der Waals surface area contributed by atoms with Gasteiger partial charge in [-0.1, -0.05) is 24.3 Å². The van der Waals surface area contributed by atoms with Gasteiger partial charge in [0.05, 0.1) is 18.3 Å². The highest BCUT2D eigenvalue weighted by Gasteiger charge is 2.46. The zero-order chi connectivity index (χ0) is 37.1. The summed E-state index contributed by atoms with van der Waals surface area (Å²) in [5, 5.41) is 5.27. The molecule has 0 aromatic heterocycles. The average molecular weight is 735 g/mol. The fourth-order valence-electron chi connectivity index (χ4n) is 6.24. The van der Waals surface area contributed by atoms with Crippen LogP contribution >= 0.6 is 0 Å². The molecule has 2 aliphatic carbocycles. The molecule has 2 saturated carbocycles. The molecule has 4 aliphatic rings. The topological polar surface area (TPSA) is 207 Å². The van der Waals surface area contributed by atoms with Crippen molar-refractivity contribution in [3.8, 4) is 0 Å². The van der Waals surface area contributed by atoms with Crippen molar-refractivity contribution in [1.29, 1.82) is 0 Å². The van der Waals surface area contributed by atoms with Gasteiger partial charge in [-0.2, -0.15) is 0 Å². The van der Waals surface area contributed by atoms with Crippen LogP contribution in [0.25, 0.3) is 0 Å². The van der Waals surface area contributed by atoms with Crippen molar-refractivity contribution in [1.82, 2.24) is 25.2 Å². The lowest BCUT2D eigenvalue weighted by Crippen LogP contribution is -2.56. The maximum Gasteiger partial charge on any atom is 0.410 e. The maximum atomic E-state index is 14.2. The number of unbranched alkanes of at least 4 members (excludes halogenated alkanes) is 1. The number of likely N-dealkylation sites (tertiary alicyclic amines) is 1. The quantitative estimate of drug-likeness (QED) is 0.161. The van der Waals surface area contributed by atoms with E-state index in [2.05, 4.69) is 15.4 Å². The summed E-state index contributed by atoms with van der Waals surface area (Å²) >= 11 is 0. The Morgan fingerprint density at radius 1 is 1.12 bits per heavy atom. The third-order valence-electron chi connectivity index (χ3n) is 9.15. The Labute approximate surface area is 296 Å². The number of nitrogens with one attached hydrogen (secondary N) is 3. The summed E-state index contributed by atoms with van der Waals surface area (Å²) in [6.45, 7) is 5.53. The number of halogens is 1. The molecule has 2 heterocycles. The number of primary amides is 1. The smallest absolute Gasteiger partial charge is 0.410 e. The van der Waals surface area contributed by atoms with E-state index in [-0.39, 0.29) is 44.4 Å². The molecule has 5 atom stereocenters. The summed E-state index contributed by atoms with van der Waals surface area (Å²) in [5.41, 5.74) is 5.89. The van der Waals surface area contributed by atoms with Crippen LogP contribution < -0.4 is 21.1 Å². The van der Waals surface area contributed by atoms with E-state index in [0.717, 1.165) is 0 Å². The molecule has 0 radical (unpaired) electrons. The van der Waals surface area contributed by atoms with Gasteiger partial charge in [0.15, 0.2) is 0 Å². The van der Waals surface area contributed by atoms with E-state index in [9.17, 15) is 36.8 Å². The molecule has 1 aromatic rings. The molecule has 5 rings (SSSR count). The van der Waals surface area contributed by atoms with Gasteiger partial charge in [0.2, 0.25) is 27.7 Å². The highest BCUT2D eigenvalue weighted by atomic mass is 32.2. The number of sulfonamides is 1. The van der Waals surface area contributed by atoms with E-state index < -0.39 is 74.8 Å². The molecule has 17 heteroatoms. The number of nitrogens with two attached hydrogens (primary N) is 1. The molecule has 5 N–H and O–H groups in total. The molecule has 2 aliphatic heterocycles. The molecule has 5 amide bonds. The summed E-state index contributed by atoms with van der Waals surface area (Å²) in [6, 6.07) is 2.36. The molecule has 1 saturated heterocycles. The predicted molar refractivity (Wildman–Crippen MR) is 181 cm³/mol. The van der Waals surface area contributed by atoms with E-state index in [1.807, 2.05) is 12.2 Å².